The molecule has 1 unspecified atom stereocenters. The van der Waals surface area contributed by atoms with Crippen LogP contribution >= 0.6 is 11.6 Å². The molecule has 0 N–H and O–H groups in total. The van der Waals surface area contributed by atoms with Gasteiger partial charge in [0.15, 0.2) is 5.78 Å². The molecule has 4 heteroatoms. The number of ketones is 1. The monoisotopic (exact) mass is 254 g/mol. The Balaban J connectivity index is 1.72. The van der Waals surface area contributed by atoms with Crippen LogP contribution in [0.2, 0.25) is 5.02 Å². The Bertz CT molecular complexity index is 369. The second-order valence-electron chi connectivity index (χ2n) is 4.15. The van der Waals surface area contributed by atoms with Crippen LogP contribution in [-0.4, -0.2) is 25.6 Å². The molecule has 1 aromatic carbocycles. The van der Waals surface area contributed by atoms with Gasteiger partial charge in [0, 0.05) is 17.5 Å². The Kier molecular flexibility index (Phi) is 4.54. The maximum atomic E-state index is 11.7. The largest absolute Gasteiger partial charge is 0.381 e. The van der Waals surface area contributed by atoms with Crippen LogP contribution in [0, 0.1) is 5.92 Å². The SMILES string of the molecule is O=C(COCc1ccc(Cl)cc1)C1CCOC1. The van der Waals surface area contributed by atoms with Crippen molar-refractivity contribution in [2.75, 3.05) is 19.8 Å². The highest BCUT2D eigenvalue weighted by Gasteiger charge is 2.23. The number of hydrogen-bond acceptors (Lipinski definition) is 3. The Morgan fingerprint density at radius 1 is 1.41 bits per heavy atom. The average molecular weight is 255 g/mol. The van der Waals surface area contributed by atoms with Gasteiger partial charge in [0.25, 0.3) is 0 Å². The van der Waals surface area contributed by atoms with Crippen molar-refractivity contribution in [3.63, 3.8) is 0 Å². The van der Waals surface area contributed by atoms with Crippen LogP contribution < -0.4 is 0 Å². The van der Waals surface area contributed by atoms with Crippen molar-refractivity contribution in [2.45, 2.75) is 13.0 Å². The summed E-state index contributed by atoms with van der Waals surface area (Å²) in [5.74, 6) is 0.164. The van der Waals surface area contributed by atoms with Gasteiger partial charge in [-0.3, -0.25) is 4.79 Å². The van der Waals surface area contributed by atoms with E-state index in [0.717, 1.165) is 12.0 Å². The molecule has 0 saturated carbocycles. The first kappa shape index (κ1) is 12.6. The van der Waals surface area contributed by atoms with Gasteiger partial charge in [-0.15, -0.1) is 0 Å². The van der Waals surface area contributed by atoms with Crippen LogP contribution in [-0.2, 0) is 20.9 Å². The molecule has 1 heterocycles. The lowest BCUT2D eigenvalue weighted by Crippen LogP contribution is -2.19. The third-order valence-electron chi connectivity index (χ3n) is 2.81. The van der Waals surface area contributed by atoms with E-state index < -0.39 is 0 Å². The van der Waals surface area contributed by atoms with Gasteiger partial charge in [-0.25, -0.2) is 0 Å². The third-order valence-corrected chi connectivity index (χ3v) is 3.06. The summed E-state index contributed by atoms with van der Waals surface area (Å²) in [5, 5.41) is 0.702. The van der Waals surface area contributed by atoms with E-state index in [9.17, 15) is 4.79 Å². The molecule has 1 aromatic rings. The normalized spacial score (nSPS) is 19.5. The van der Waals surface area contributed by atoms with Gasteiger partial charge in [0.05, 0.1) is 13.2 Å². The number of carbonyl (C=O) groups excluding carboxylic acids is 1. The van der Waals surface area contributed by atoms with Gasteiger partial charge in [-0.05, 0) is 24.1 Å². The molecule has 1 aliphatic rings. The molecule has 0 bridgehead atoms. The molecule has 1 fully saturated rings. The zero-order chi connectivity index (χ0) is 12.1. The molecule has 2 rings (SSSR count). The van der Waals surface area contributed by atoms with Crippen LogP contribution in [0.5, 0.6) is 0 Å². The van der Waals surface area contributed by atoms with Crippen molar-refractivity contribution in [1.82, 2.24) is 0 Å². The molecular formula is C13H15ClO3. The number of Topliss-reactive ketones (excluding diaryl/α,β-unsaturated/α-hetero) is 1. The van der Waals surface area contributed by atoms with Crippen LogP contribution in [0.15, 0.2) is 24.3 Å². The van der Waals surface area contributed by atoms with Crippen molar-refractivity contribution < 1.29 is 14.3 Å². The minimum absolute atomic E-state index is 0.0280. The third kappa shape index (κ3) is 3.80. The predicted molar refractivity (Wildman–Crippen MR) is 65.0 cm³/mol. The minimum atomic E-state index is 0.0280. The molecule has 0 amide bonds. The van der Waals surface area contributed by atoms with Gasteiger partial charge in [-0.1, -0.05) is 23.7 Å². The number of hydrogen-bond donors (Lipinski definition) is 0. The van der Waals surface area contributed by atoms with E-state index >= 15 is 0 Å². The van der Waals surface area contributed by atoms with Crippen LogP contribution in [0.4, 0.5) is 0 Å². The summed E-state index contributed by atoms with van der Waals surface area (Å²) in [5.41, 5.74) is 1.02. The number of halogens is 1. The van der Waals surface area contributed by atoms with Gasteiger partial charge >= 0.3 is 0 Å². The fourth-order valence-corrected chi connectivity index (χ4v) is 1.88. The Labute approximate surface area is 106 Å². The molecule has 3 nitrogen and oxygen atoms in total. The first-order valence-corrected chi connectivity index (χ1v) is 6.06. The molecular weight excluding hydrogens is 240 g/mol. The van der Waals surface area contributed by atoms with E-state index in [1.807, 2.05) is 24.3 Å². The zero-order valence-corrected chi connectivity index (χ0v) is 10.3. The molecule has 1 atom stereocenters. The molecule has 1 aliphatic heterocycles. The fraction of sp³-hybridized carbons (Fsp3) is 0.462. The summed E-state index contributed by atoms with van der Waals surface area (Å²) in [6.45, 7) is 1.84. The Hall–Kier alpha value is -0.900. The first-order chi connectivity index (χ1) is 8.25. The smallest absolute Gasteiger partial charge is 0.163 e. The highest BCUT2D eigenvalue weighted by molar-refractivity contribution is 6.30. The van der Waals surface area contributed by atoms with Gasteiger partial charge in [0.1, 0.15) is 6.61 Å². The summed E-state index contributed by atoms with van der Waals surface area (Å²) in [6, 6.07) is 7.41. The fourth-order valence-electron chi connectivity index (χ4n) is 1.76. The standard InChI is InChI=1S/C13H15ClO3/c14-12-3-1-10(2-4-12)7-17-9-13(15)11-5-6-16-8-11/h1-4,11H,5-9H2. The van der Waals surface area contributed by atoms with E-state index in [2.05, 4.69) is 0 Å². The molecule has 92 valence electrons. The molecule has 17 heavy (non-hydrogen) atoms. The molecule has 0 aliphatic carbocycles. The highest BCUT2D eigenvalue weighted by Crippen LogP contribution is 2.14. The van der Waals surface area contributed by atoms with Crippen molar-refractivity contribution in [1.29, 1.82) is 0 Å². The lowest BCUT2D eigenvalue weighted by molar-refractivity contribution is -0.127. The molecule has 0 spiro atoms. The molecule has 0 radical (unpaired) electrons. The van der Waals surface area contributed by atoms with Crippen molar-refractivity contribution >= 4 is 17.4 Å². The number of carbonyl (C=O) groups is 1. The molecule has 0 aromatic heterocycles. The van der Waals surface area contributed by atoms with E-state index in [4.69, 9.17) is 21.1 Å². The summed E-state index contributed by atoms with van der Waals surface area (Å²) >= 11 is 5.77. The molecule has 1 saturated heterocycles. The van der Waals surface area contributed by atoms with Gasteiger partial charge in [-0.2, -0.15) is 0 Å². The summed E-state index contributed by atoms with van der Waals surface area (Å²) in [7, 11) is 0. The second kappa shape index (κ2) is 6.15. The number of ether oxygens (including phenoxy) is 2. The minimum Gasteiger partial charge on any atom is -0.381 e. The van der Waals surface area contributed by atoms with E-state index in [0.29, 0.717) is 24.8 Å². The van der Waals surface area contributed by atoms with Crippen LogP contribution in [0.25, 0.3) is 0 Å². The average Bonchev–Trinajstić information content (AvgIpc) is 2.85. The van der Waals surface area contributed by atoms with Crippen LogP contribution in [0.3, 0.4) is 0 Å². The number of benzene rings is 1. The lowest BCUT2D eigenvalue weighted by atomic mass is 10.0. The van der Waals surface area contributed by atoms with Crippen LogP contribution in [0.1, 0.15) is 12.0 Å². The first-order valence-electron chi connectivity index (χ1n) is 5.68. The maximum Gasteiger partial charge on any atom is 0.163 e. The zero-order valence-electron chi connectivity index (χ0n) is 9.52. The summed E-state index contributed by atoms with van der Waals surface area (Å²) in [6.07, 6.45) is 0.823. The summed E-state index contributed by atoms with van der Waals surface area (Å²) in [4.78, 5) is 11.7. The van der Waals surface area contributed by atoms with Gasteiger partial charge in [0.2, 0.25) is 0 Å². The van der Waals surface area contributed by atoms with Crippen molar-refractivity contribution in [2.24, 2.45) is 5.92 Å². The van der Waals surface area contributed by atoms with E-state index in [1.165, 1.54) is 0 Å². The van der Waals surface area contributed by atoms with E-state index in [-0.39, 0.29) is 18.3 Å². The summed E-state index contributed by atoms with van der Waals surface area (Å²) < 4.78 is 10.6. The van der Waals surface area contributed by atoms with Crippen molar-refractivity contribution in [3.05, 3.63) is 34.9 Å². The second-order valence-corrected chi connectivity index (χ2v) is 4.58. The van der Waals surface area contributed by atoms with Crippen molar-refractivity contribution in [3.8, 4) is 0 Å². The number of rotatable bonds is 5. The predicted octanol–water partition coefficient (Wildman–Crippen LogP) is 2.46. The Morgan fingerprint density at radius 2 is 2.18 bits per heavy atom. The van der Waals surface area contributed by atoms with Gasteiger partial charge < -0.3 is 9.47 Å². The van der Waals surface area contributed by atoms with E-state index in [1.54, 1.807) is 0 Å². The maximum absolute atomic E-state index is 11.7. The highest BCUT2D eigenvalue weighted by atomic mass is 35.5. The Morgan fingerprint density at radius 3 is 2.82 bits per heavy atom. The quantitative estimate of drug-likeness (QED) is 0.810. The topological polar surface area (TPSA) is 35.5 Å². The lowest BCUT2D eigenvalue weighted by Gasteiger charge is -2.07.